The van der Waals surface area contributed by atoms with Crippen LogP contribution in [0.4, 0.5) is 0 Å². The summed E-state index contributed by atoms with van der Waals surface area (Å²) in [5.41, 5.74) is 7.77. The van der Waals surface area contributed by atoms with Crippen molar-refractivity contribution in [2.45, 2.75) is 12.8 Å². The van der Waals surface area contributed by atoms with E-state index in [-0.39, 0.29) is 11.8 Å². The lowest BCUT2D eigenvalue weighted by molar-refractivity contribution is -0.121. The third-order valence-corrected chi connectivity index (χ3v) is 3.26. The van der Waals surface area contributed by atoms with Crippen LogP contribution in [0.5, 0.6) is 0 Å². The van der Waals surface area contributed by atoms with E-state index in [4.69, 9.17) is 5.73 Å². The fraction of sp³-hybridized carbons (Fsp3) is 0.167. The van der Waals surface area contributed by atoms with E-state index < -0.39 is 0 Å². The number of hydrogen-bond donors (Lipinski definition) is 1. The summed E-state index contributed by atoms with van der Waals surface area (Å²) in [5.74, 6) is -0.399. The Kier molecular flexibility index (Phi) is 5.13. The van der Waals surface area contributed by atoms with Crippen LogP contribution in [-0.4, -0.2) is 5.91 Å². The molecule has 0 aliphatic heterocycles. The molecule has 0 saturated carbocycles. The number of carbonyl (C=O) groups is 1. The van der Waals surface area contributed by atoms with Crippen molar-refractivity contribution < 1.29 is 4.79 Å². The molecule has 20 heavy (non-hydrogen) atoms. The summed E-state index contributed by atoms with van der Waals surface area (Å²) in [5, 5.41) is 0. The topological polar surface area (TPSA) is 43.1 Å². The van der Waals surface area contributed by atoms with Crippen LogP contribution >= 0.6 is 0 Å². The lowest BCUT2D eigenvalue weighted by Gasteiger charge is -2.10. The fourth-order valence-electron chi connectivity index (χ4n) is 2.13. The molecule has 2 aromatic carbocycles. The molecule has 0 heterocycles. The zero-order chi connectivity index (χ0) is 14.2. The van der Waals surface area contributed by atoms with E-state index in [1.807, 2.05) is 72.8 Å². The highest BCUT2D eigenvalue weighted by molar-refractivity contribution is 5.77. The van der Waals surface area contributed by atoms with Gasteiger partial charge in [0.05, 0.1) is 0 Å². The molecule has 0 aliphatic rings. The second-order valence-corrected chi connectivity index (χ2v) is 4.84. The number of hydrogen-bond acceptors (Lipinski definition) is 1. The number of benzene rings is 2. The Hall–Kier alpha value is -2.35. The van der Waals surface area contributed by atoms with Gasteiger partial charge in [0, 0.05) is 5.92 Å². The number of nitrogens with two attached hydrogens (primary N) is 1. The zero-order valence-electron chi connectivity index (χ0n) is 11.4. The van der Waals surface area contributed by atoms with E-state index in [2.05, 4.69) is 0 Å². The summed E-state index contributed by atoms with van der Waals surface area (Å²) in [7, 11) is 0. The Morgan fingerprint density at radius 3 is 2.20 bits per heavy atom. The normalized spacial score (nSPS) is 12.4. The van der Waals surface area contributed by atoms with Gasteiger partial charge in [-0.15, -0.1) is 0 Å². The van der Waals surface area contributed by atoms with Crippen LogP contribution in [0.2, 0.25) is 0 Å². The van der Waals surface area contributed by atoms with Crippen LogP contribution in [0.15, 0.2) is 66.7 Å². The third kappa shape index (κ3) is 4.39. The molecule has 0 bridgehead atoms. The molecule has 1 amide bonds. The van der Waals surface area contributed by atoms with Gasteiger partial charge in [-0.05, 0) is 24.0 Å². The molecule has 2 N–H and O–H groups in total. The standard InChI is InChI=1S/C18H19NO/c19-18(20)17(14-16-10-5-2-6-11-16)13-7-12-15-8-3-1-4-9-15/h1-12,17H,13-14H2,(H2,19,20)/b12-7+/t17-/m1/s1. The predicted molar refractivity (Wildman–Crippen MR) is 82.9 cm³/mol. The minimum absolute atomic E-state index is 0.155. The molecule has 0 aromatic heterocycles. The van der Waals surface area contributed by atoms with Gasteiger partial charge in [-0.25, -0.2) is 0 Å². The van der Waals surface area contributed by atoms with Crippen LogP contribution in [0.25, 0.3) is 6.08 Å². The largest absolute Gasteiger partial charge is 0.369 e. The Balaban J connectivity index is 1.96. The first-order chi connectivity index (χ1) is 9.75. The molecule has 2 aromatic rings. The van der Waals surface area contributed by atoms with E-state index in [0.717, 1.165) is 11.1 Å². The summed E-state index contributed by atoms with van der Waals surface area (Å²) < 4.78 is 0. The van der Waals surface area contributed by atoms with E-state index in [1.54, 1.807) is 0 Å². The smallest absolute Gasteiger partial charge is 0.221 e. The van der Waals surface area contributed by atoms with E-state index in [0.29, 0.717) is 12.8 Å². The first kappa shape index (κ1) is 14.1. The molecule has 0 aliphatic carbocycles. The van der Waals surface area contributed by atoms with Crippen molar-refractivity contribution in [3.63, 3.8) is 0 Å². The molecule has 0 fully saturated rings. The molecular weight excluding hydrogens is 246 g/mol. The average Bonchev–Trinajstić information content (AvgIpc) is 2.48. The van der Waals surface area contributed by atoms with Crippen LogP contribution in [-0.2, 0) is 11.2 Å². The highest BCUT2D eigenvalue weighted by atomic mass is 16.1. The Morgan fingerprint density at radius 2 is 1.60 bits per heavy atom. The number of carbonyl (C=O) groups excluding carboxylic acids is 1. The van der Waals surface area contributed by atoms with Gasteiger partial charge in [-0.1, -0.05) is 72.8 Å². The Bertz CT molecular complexity index is 560. The molecule has 102 valence electrons. The number of rotatable bonds is 6. The molecule has 0 radical (unpaired) electrons. The van der Waals surface area contributed by atoms with Crippen molar-refractivity contribution >= 4 is 12.0 Å². The minimum Gasteiger partial charge on any atom is -0.369 e. The van der Waals surface area contributed by atoms with Gasteiger partial charge in [0.25, 0.3) is 0 Å². The first-order valence-electron chi connectivity index (χ1n) is 6.80. The van der Waals surface area contributed by atoms with Gasteiger partial charge in [0.2, 0.25) is 5.91 Å². The molecule has 0 saturated heterocycles. The van der Waals surface area contributed by atoms with Crippen LogP contribution in [0.3, 0.4) is 0 Å². The third-order valence-electron chi connectivity index (χ3n) is 3.26. The van der Waals surface area contributed by atoms with E-state index in [1.165, 1.54) is 0 Å². The molecule has 1 atom stereocenters. The molecule has 2 nitrogen and oxygen atoms in total. The lowest BCUT2D eigenvalue weighted by Crippen LogP contribution is -2.24. The highest BCUT2D eigenvalue weighted by Gasteiger charge is 2.14. The van der Waals surface area contributed by atoms with E-state index in [9.17, 15) is 4.79 Å². The molecule has 0 unspecified atom stereocenters. The summed E-state index contributed by atoms with van der Waals surface area (Å²) in [6, 6.07) is 20.0. The number of allylic oxidation sites excluding steroid dienone is 1. The van der Waals surface area contributed by atoms with E-state index >= 15 is 0 Å². The SMILES string of the molecule is NC(=O)[C@H](C/C=C/c1ccccc1)Cc1ccccc1. The van der Waals surface area contributed by atoms with Gasteiger partial charge in [-0.3, -0.25) is 4.79 Å². The number of primary amides is 1. The number of amides is 1. The zero-order valence-corrected chi connectivity index (χ0v) is 11.4. The second-order valence-electron chi connectivity index (χ2n) is 4.84. The summed E-state index contributed by atoms with van der Waals surface area (Å²) in [6.45, 7) is 0. The van der Waals surface area contributed by atoms with Gasteiger partial charge in [0.1, 0.15) is 0 Å². The Labute approximate surface area is 119 Å². The van der Waals surface area contributed by atoms with Crippen molar-refractivity contribution in [2.75, 3.05) is 0 Å². The lowest BCUT2D eigenvalue weighted by atomic mass is 9.95. The fourth-order valence-corrected chi connectivity index (χ4v) is 2.13. The van der Waals surface area contributed by atoms with Crippen LogP contribution in [0, 0.1) is 5.92 Å². The summed E-state index contributed by atoms with van der Waals surface area (Å²) in [6.07, 6.45) is 5.41. The summed E-state index contributed by atoms with van der Waals surface area (Å²) >= 11 is 0. The average molecular weight is 265 g/mol. The van der Waals surface area contributed by atoms with Crippen molar-refractivity contribution in [1.29, 1.82) is 0 Å². The van der Waals surface area contributed by atoms with Gasteiger partial charge in [0.15, 0.2) is 0 Å². The van der Waals surface area contributed by atoms with Crippen molar-refractivity contribution in [2.24, 2.45) is 11.7 Å². The van der Waals surface area contributed by atoms with Gasteiger partial charge in [-0.2, -0.15) is 0 Å². The first-order valence-corrected chi connectivity index (χ1v) is 6.80. The maximum Gasteiger partial charge on any atom is 0.221 e. The molecular formula is C18H19NO. The maximum absolute atomic E-state index is 11.5. The van der Waals surface area contributed by atoms with Crippen LogP contribution in [0.1, 0.15) is 17.5 Å². The second kappa shape index (κ2) is 7.29. The van der Waals surface area contributed by atoms with Gasteiger partial charge >= 0.3 is 0 Å². The molecule has 0 spiro atoms. The van der Waals surface area contributed by atoms with Crippen molar-refractivity contribution in [3.8, 4) is 0 Å². The highest BCUT2D eigenvalue weighted by Crippen LogP contribution is 2.14. The monoisotopic (exact) mass is 265 g/mol. The predicted octanol–water partition coefficient (Wildman–Crippen LogP) is 3.43. The molecule has 2 rings (SSSR count). The van der Waals surface area contributed by atoms with Crippen LogP contribution < -0.4 is 5.73 Å². The quantitative estimate of drug-likeness (QED) is 0.854. The summed E-state index contributed by atoms with van der Waals surface area (Å²) in [4.78, 5) is 11.5. The maximum atomic E-state index is 11.5. The van der Waals surface area contributed by atoms with Crippen molar-refractivity contribution in [3.05, 3.63) is 77.9 Å². The minimum atomic E-state index is -0.244. The van der Waals surface area contributed by atoms with Crippen molar-refractivity contribution in [1.82, 2.24) is 0 Å². The van der Waals surface area contributed by atoms with Gasteiger partial charge < -0.3 is 5.73 Å². The Morgan fingerprint density at radius 1 is 1.00 bits per heavy atom. The molecule has 2 heteroatoms.